The molecule has 2 aliphatic rings. The largest absolute Gasteiger partial charge is 0.512 e. The average Bonchev–Trinajstić information content (AvgIpc) is 2.43. The van der Waals surface area contributed by atoms with E-state index >= 15 is 0 Å². The molecule has 1 N–H and O–H groups in total. The minimum Gasteiger partial charge on any atom is -0.512 e. The minimum absolute atomic E-state index is 0.606. The highest BCUT2D eigenvalue weighted by Gasteiger charge is 2.16. The fraction of sp³-hybridized carbons (Fsp3) is 0.333. The van der Waals surface area contributed by atoms with Gasteiger partial charge in [-0.15, -0.1) is 0 Å². The van der Waals surface area contributed by atoms with Gasteiger partial charge in [0.05, 0.1) is 5.76 Å². The summed E-state index contributed by atoms with van der Waals surface area (Å²) in [6.45, 7) is 0. The molecule has 68 valence electrons. The van der Waals surface area contributed by atoms with Gasteiger partial charge in [-0.05, 0) is 30.4 Å². The van der Waals surface area contributed by atoms with Gasteiger partial charge in [0.25, 0.3) is 0 Å². The zero-order valence-electron chi connectivity index (χ0n) is 7.66. The van der Waals surface area contributed by atoms with Crippen LogP contribution >= 0.6 is 0 Å². The standard InChI is InChI=1S/C12H14O/c13-12-9-5-8-11(12)10-6-3-1-2-4-7-10/h1-4,6,13H,5,7-9H2. The van der Waals surface area contributed by atoms with Crippen molar-refractivity contribution in [2.45, 2.75) is 25.7 Å². The van der Waals surface area contributed by atoms with Gasteiger partial charge in [-0.25, -0.2) is 0 Å². The summed E-state index contributed by atoms with van der Waals surface area (Å²) in [6.07, 6.45) is 14.3. The van der Waals surface area contributed by atoms with Gasteiger partial charge in [0.1, 0.15) is 0 Å². The van der Waals surface area contributed by atoms with Crippen molar-refractivity contribution in [3.63, 3.8) is 0 Å². The Morgan fingerprint density at radius 1 is 1.08 bits per heavy atom. The first kappa shape index (κ1) is 8.36. The molecule has 1 heteroatoms. The SMILES string of the molecule is OC1=C(C2=CC=CC=CC2)CCC1. The van der Waals surface area contributed by atoms with Gasteiger partial charge < -0.3 is 5.11 Å². The molecule has 2 aliphatic carbocycles. The normalized spacial score (nSPS) is 22.0. The second-order valence-electron chi connectivity index (χ2n) is 3.49. The summed E-state index contributed by atoms with van der Waals surface area (Å²) in [5, 5.41) is 9.62. The van der Waals surface area contributed by atoms with Crippen LogP contribution in [0.2, 0.25) is 0 Å². The van der Waals surface area contributed by atoms with Crippen LogP contribution < -0.4 is 0 Å². The Bertz CT molecular complexity index is 316. The fourth-order valence-corrected chi connectivity index (χ4v) is 1.87. The predicted molar refractivity (Wildman–Crippen MR) is 54.5 cm³/mol. The Morgan fingerprint density at radius 3 is 2.77 bits per heavy atom. The first-order chi connectivity index (χ1) is 6.38. The molecule has 0 aromatic carbocycles. The maximum atomic E-state index is 9.62. The third kappa shape index (κ3) is 1.74. The Kier molecular flexibility index (Phi) is 2.35. The van der Waals surface area contributed by atoms with Crippen molar-refractivity contribution in [2.24, 2.45) is 0 Å². The molecule has 0 spiro atoms. The number of rotatable bonds is 1. The third-order valence-corrected chi connectivity index (χ3v) is 2.57. The van der Waals surface area contributed by atoms with Crippen molar-refractivity contribution in [3.05, 3.63) is 47.3 Å². The van der Waals surface area contributed by atoms with E-state index in [1.807, 2.05) is 12.2 Å². The van der Waals surface area contributed by atoms with E-state index in [2.05, 4.69) is 18.2 Å². The third-order valence-electron chi connectivity index (χ3n) is 2.57. The van der Waals surface area contributed by atoms with Crippen LogP contribution in [0, 0.1) is 0 Å². The van der Waals surface area contributed by atoms with Crippen LogP contribution in [0.1, 0.15) is 25.7 Å². The summed E-state index contributed by atoms with van der Waals surface area (Å²) in [5.41, 5.74) is 2.45. The molecule has 0 aromatic heterocycles. The molecular formula is C12H14O. The van der Waals surface area contributed by atoms with Gasteiger partial charge in [-0.2, -0.15) is 0 Å². The molecule has 0 saturated heterocycles. The van der Waals surface area contributed by atoms with Gasteiger partial charge in [0.15, 0.2) is 0 Å². The number of aliphatic hydroxyl groups excluding tert-OH is 1. The second-order valence-corrected chi connectivity index (χ2v) is 3.49. The van der Waals surface area contributed by atoms with Crippen molar-refractivity contribution in [1.82, 2.24) is 0 Å². The smallest absolute Gasteiger partial charge is 0.0957 e. The molecule has 0 fully saturated rings. The monoisotopic (exact) mass is 174 g/mol. The summed E-state index contributed by atoms with van der Waals surface area (Å²) >= 11 is 0. The highest BCUT2D eigenvalue weighted by Crippen LogP contribution is 2.31. The first-order valence-corrected chi connectivity index (χ1v) is 4.81. The fourth-order valence-electron chi connectivity index (χ4n) is 1.87. The van der Waals surface area contributed by atoms with Crippen molar-refractivity contribution >= 4 is 0 Å². The molecule has 0 bridgehead atoms. The van der Waals surface area contributed by atoms with Crippen LogP contribution in [0.3, 0.4) is 0 Å². The molecule has 1 nitrogen and oxygen atoms in total. The van der Waals surface area contributed by atoms with Gasteiger partial charge >= 0.3 is 0 Å². The molecule has 0 aromatic rings. The van der Waals surface area contributed by atoms with E-state index in [9.17, 15) is 5.11 Å². The summed E-state index contributed by atoms with van der Waals surface area (Å²) in [4.78, 5) is 0. The minimum atomic E-state index is 0.606. The van der Waals surface area contributed by atoms with E-state index in [0.29, 0.717) is 5.76 Å². The number of hydrogen-bond donors (Lipinski definition) is 1. The summed E-state index contributed by atoms with van der Waals surface area (Å²) in [5.74, 6) is 0.606. The second kappa shape index (κ2) is 3.65. The molecule has 13 heavy (non-hydrogen) atoms. The van der Waals surface area contributed by atoms with Crippen LogP contribution in [-0.2, 0) is 0 Å². The zero-order valence-corrected chi connectivity index (χ0v) is 7.66. The van der Waals surface area contributed by atoms with E-state index in [-0.39, 0.29) is 0 Å². The number of aliphatic hydroxyl groups is 1. The van der Waals surface area contributed by atoms with Crippen LogP contribution in [0.5, 0.6) is 0 Å². The molecule has 0 aliphatic heterocycles. The molecule has 0 radical (unpaired) electrons. The van der Waals surface area contributed by atoms with Crippen molar-refractivity contribution < 1.29 is 5.11 Å². The average molecular weight is 174 g/mol. The maximum Gasteiger partial charge on any atom is 0.0957 e. The van der Waals surface area contributed by atoms with Crippen LogP contribution in [-0.4, -0.2) is 5.11 Å². The van der Waals surface area contributed by atoms with E-state index in [1.165, 1.54) is 11.1 Å². The summed E-state index contributed by atoms with van der Waals surface area (Å²) < 4.78 is 0. The van der Waals surface area contributed by atoms with E-state index in [4.69, 9.17) is 0 Å². The molecule has 0 unspecified atom stereocenters. The topological polar surface area (TPSA) is 20.2 Å². The molecule has 0 heterocycles. The molecular weight excluding hydrogens is 160 g/mol. The molecule has 0 amide bonds. The van der Waals surface area contributed by atoms with Crippen molar-refractivity contribution in [1.29, 1.82) is 0 Å². The predicted octanol–water partition coefficient (Wildman–Crippen LogP) is 3.42. The number of hydrogen-bond acceptors (Lipinski definition) is 1. The Labute approximate surface area is 78.8 Å². The maximum absolute atomic E-state index is 9.62. The Hall–Kier alpha value is -1.24. The lowest BCUT2D eigenvalue weighted by molar-refractivity contribution is 0.394. The van der Waals surface area contributed by atoms with E-state index in [0.717, 1.165) is 25.7 Å². The highest BCUT2D eigenvalue weighted by molar-refractivity contribution is 5.40. The van der Waals surface area contributed by atoms with Gasteiger partial charge in [0, 0.05) is 6.42 Å². The van der Waals surface area contributed by atoms with Crippen LogP contribution in [0.25, 0.3) is 0 Å². The molecule has 0 saturated carbocycles. The first-order valence-electron chi connectivity index (χ1n) is 4.81. The lowest BCUT2D eigenvalue weighted by Crippen LogP contribution is -1.88. The van der Waals surface area contributed by atoms with Crippen LogP contribution in [0.4, 0.5) is 0 Å². The van der Waals surface area contributed by atoms with E-state index in [1.54, 1.807) is 0 Å². The van der Waals surface area contributed by atoms with Gasteiger partial charge in [-0.1, -0.05) is 30.4 Å². The van der Waals surface area contributed by atoms with Crippen molar-refractivity contribution in [3.8, 4) is 0 Å². The Morgan fingerprint density at radius 2 is 2.00 bits per heavy atom. The van der Waals surface area contributed by atoms with Gasteiger partial charge in [0.2, 0.25) is 0 Å². The lowest BCUT2D eigenvalue weighted by atomic mass is 10.0. The van der Waals surface area contributed by atoms with Crippen LogP contribution in [0.15, 0.2) is 47.3 Å². The highest BCUT2D eigenvalue weighted by atomic mass is 16.3. The van der Waals surface area contributed by atoms with Gasteiger partial charge in [-0.3, -0.25) is 0 Å². The van der Waals surface area contributed by atoms with E-state index < -0.39 is 0 Å². The Balaban J connectivity index is 2.25. The molecule has 0 atom stereocenters. The lowest BCUT2D eigenvalue weighted by Gasteiger charge is -2.05. The zero-order chi connectivity index (χ0) is 9.10. The number of allylic oxidation sites excluding steroid dienone is 8. The molecule has 2 rings (SSSR count). The summed E-state index contributed by atoms with van der Waals surface area (Å²) in [7, 11) is 0. The van der Waals surface area contributed by atoms with Crippen molar-refractivity contribution in [2.75, 3.05) is 0 Å². The quantitative estimate of drug-likeness (QED) is 0.645. The summed E-state index contributed by atoms with van der Waals surface area (Å²) in [6, 6.07) is 0.